The van der Waals surface area contributed by atoms with Crippen LogP contribution in [0.1, 0.15) is 42.4 Å². The minimum atomic E-state index is -4.25. The van der Waals surface area contributed by atoms with Gasteiger partial charge in [0, 0.05) is 39.6 Å². The van der Waals surface area contributed by atoms with Crippen LogP contribution in [0.15, 0.2) is 102 Å². The number of rotatable bonds is 12. The summed E-state index contributed by atoms with van der Waals surface area (Å²) >= 11 is 19.3. The third kappa shape index (κ3) is 8.68. The van der Waals surface area contributed by atoms with E-state index in [2.05, 4.69) is 5.32 Å². The lowest BCUT2D eigenvalue weighted by atomic mass is 10.0. The van der Waals surface area contributed by atoms with Crippen LogP contribution in [-0.4, -0.2) is 43.8 Å². The van der Waals surface area contributed by atoms with Gasteiger partial charge in [-0.1, -0.05) is 102 Å². The number of anilines is 1. The Bertz CT molecular complexity index is 1780. The summed E-state index contributed by atoms with van der Waals surface area (Å²) in [7, 11) is -4.25. The molecule has 4 aromatic rings. The second kappa shape index (κ2) is 15.6. The fourth-order valence-corrected chi connectivity index (χ4v) is 7.81. The summed E-state index contributed by atoms with van der Waals surface area (Å²) in [5.41, 5.74) is 2.51. The molecule has 1 aliphatic carbocycles. The Hall–Kier alpha value is -3.56. The molecule has 1 aliphatic rings. The van der Waals surface area contributed by atoms with Crippen LogP contribution in [0.2, 0.25) is 15.1 Å². The van der Waals surface area contributed by atoms with Crippen LogP contribution < -0.4 is 9.62 Å². The molecule has 1 saturated carbocycles. The Labute approximate surface area is 291 Å². The van der Waals surface area contributed by atoms with Gasteiger partial charge in [-0.05, 0) is 73.9 Å². The lowest BCUT2D eigenvalue weighted by Gasteiger charge is -2.34. The van der Waals surface area contributed by atoms with Gasteiger partial charge in [-0.2, -0.15) is 0 Å². The van der Waals surface area contributed by atoms with Crippen molar-refractivity contribution in [3.8, 4) is 0 Å². The number of hydrogen-bond donors (Lipinski definition) is 1. The van der Waals surface area contributed by atoms with Crippen molar-refractivity contribution in [2.24, 2.45) is 0 Å². The number of amides is 2. The van der Waals surface area contributed by atoms with E-state index in [1.165, 1.54) is 29.2 Å². The van der Waals surface area contributed by atoms with Crippen LogP contribution in [0.5, 0.6) is 0 Å². The number of sulfonamides is 1. The zero-order chi connectivity index (χ0) is 33.6. The number of halogens is 3. The number of nitrogens with zero attached hydrogens (tertiary/aromatic N) is 2. The number of carbonyl (C=O) groups is 2. The van der Waals surface area contributed by atoms with Gasteiger partial charge in [-0.15, -0.1) is 0 Å². The topological polar surface area (TPSA) is 86.8 Å². The van der Waals surface area contributed by atoms with Crippen molar-refractivity contribution in [3.63, 3.8) is 0 Å². The molecule has 1 atom stereocenters. The number of aryl methyl sites for hydroxylation is 1. The van der Waals surface area contributed by atoms with E-state index in [1.54, 1.807) is 42.5 Å². The van der Waals surface area contributed by atoms with Gasteiger partial charge >= 0.3 is 0 Å². The van der Waals surface area contributed by atoms with Crippen LogP contribution in [0.3, 0.4) is 0 Å². The Morgan fingerprint density at radius 2 is 1.45 bits per heavy atom. The summed E-state index contributed by atoms with van der Waals surface area (Å²) in [5, 5.41) is 4.19. The quantitative estimate of drug-likeness (QED) is 0.162. The molecule has 0 bridgehead atoms. The summed E-state index contributed by atoms with van der Waals surface area (Å²) in [4.78, 5) is 30.2. The smallest absolute Gasteiger partial charge is 0.264 e. The molecule has 0 saturated heterocycles. The summed E-state index contributed by atoms with van der Waals surface area (Å²) in [6.45, 7) is 1.19. The van der Waals surface area contributed by atoms with Crippen LogP contribution in [0.4, 0.5) is 5.69 Å². The molecule has 47 heavy (non-hydrogen) atoms. The van der Waals surface area contributed by atoms with Crippen molar-refractivity contribution in [3.05, 3.63) is 129 Å². The van der Waals surface area contributed by atoms with E-state index in [0.29, 0.717) is 26.3 Å². The molecule has 7 nitrogen and oxygen atoms in total. The molecular formula is C36H36Cl3N3O4S. The van der Waals surface area contributed by atoms with E-state index in [9.17, 15) is 18.0 Å². The number of nitrogens with one attached hydrogen (secondary N) is 1. The molecule has 1 fully saturated rings. The van der Waals surface area contributed by atoms with E-state index >= 15 is 0 Å². The fraction of sp³-hybridized carbons (Fsp3) is 0.278. The number of hydrogen-bond acceptors (Lipinski definition) is 4. The third-order valence-corrected chi connectivity index (χ3v) is 11.1. The van der Waals surface area contributed by atoms with Crippen LogP contribution in [0, 0.1) is 6.92 Å². The molecule has 0 radical (unpaired) electrons. The normalized spacial score (nSPS) is 14.0. The van der Waals surface area contributed by atoms with Crippen molar-refractivity contribution in [2.45, 2.75) is 62.6 Å². The molecule has 0 aromatic heterocycles. The first-order chi connectivity index (χ1) is 22.5. The number of carbonyl (C=O) groups excluding carboxylic acids is 2. The highest BCUT2D eigenvalue weighted by Crippen LogP contribution is 2.30. The second-order valence-electron chi connectivity index (χ2n) is 11.7. The van der Waals surface area contributed by atoms with E-state index in [-0.39, 0.29) is 29.8 Å². The van der Waals surface area contributed by atoms with Crippen LogP contribution >= 0.6 is 34.8 Å². The third-order valence-electron chi connectivity index (χ3n) is 8.37. The van der Waals surface area contributed by atoms with Gasteiger partial charge in [-0.25, -0.2) is 8.42 Å². The monoisotopic (exact) mass is 711 g/mol. The molecule has 0 spiro atoms. The van der Waals surface area contributed by atoms with Gasteiger partial charge in [-0.3, -0.25) is 13.9 Å². The summed E-state index contributed by atoms with van der Waals surface area (Å²) in [5.74, 6) is -0.915. The molecule has 246 valence electrons. The lowest BCUT2D eigenvalue weighted by Crippen LogP contribution is -2.54. The van der Waals surface area contributed by atoms with Gasteiger partial charge in [0.25, 0.3) is 10.0 Å². The molecule has 2 amide bonds. The van der Waals surface area contributed by atoms with E-state index in [1.807, 2.05) is 37.3 Å². The number of benzene rings is 4. The maximum Gasteiger partial charge on any atom is 0.264 e. The van der Waals surface area contributed by atoms with Gasteiger partial charge < -0.3 is 10.2 Å². The Kier molecular flexibility index (Phi) is 11.5. The molecule has 4 aromatic carbocycles. The summed E-state index contributed by atoms with van der Waals surface area (Å²) < 4.78 is 29.4. The average molecular weight is 713 g/mol. The maximum atomic E-state index is 14.7. The zero-order valence-corrected chi connectivity index (χ0v) is 29.0. The summed E-state index contributed by atoms with van der Waals surface area (Å²) in [6.07, 6.45) is 3.94. The molecular weight excluding hydrogens is 677 g/mol. The van der Waals surface area contributed by atoms with Crippen LogP contribution in [0.25, 0.3) is 0 Å². The minimum Gasteiger partial charge on any atom is -0.352 e. The van der Waals surface area contributed by atoms with Crippen molar-refractivity contribution < 1.29 is 18.0 Å². The molecule has 0 heterocycles. The van der Waals surface area contributed by atoms with Gasteiger partial charge in [0.05, 0.1) is 10.6 Å². The molecule has 1 N–H and O–H groups in total. The largest absolute Gasteiger partial charge is 0.352 e. The lowest BCUT2D eigenvalue weighted by molar-refractivity contribution is -0.140. The molecule has 5 rings (SSSR count). The van der Waals surface area contributed by atoms with E-state index < -0.39 is 28.5 Å². The fourth-order valence-electron chi connectivity index (χ4n) is 5.75. The predicted octanol–water partition coefficient (Wildman–Crippen LogP) is 7.85. The first-order valence-corrected chi connectivity index (χ1v) is 18.0. The first kappa shape index (κ1) is 34.8. The average Bonchev–Trinajstić information content (AvgIpc) is 3.57. The zero-order valence-electron chi connectivity index (χ0n) is 25.9. The van der Waals surface area contributed by atoms with Crippen molar-refractivity contribution >= 4 is 62.3 Å². The first-order valence-electron chi connectivity index (χ1n) is 15.4. The Balaban J connectivity index is 1.59. The minimum absolute atomic E-state index is 0.00374. The van der Waals surface area contributed by atoms with Gasteiger partial charge in [0.15, 0.2) is 0 Å². The van der Waals surface area contributed by atoms with Gasteiger partial charge in [0.2, 0.25) is 11.8 Å². The van der Waals surface area contributed by atoms with Crippen LogP contribution in [-0.2, 0) is 32.6 Å². The highest BCUT2D eigenvalue weighted by atomic mass is 35.5. The Morgan fingerprint density at radius 3 is 2.06 bits per heavy atom. The molecule has 11 heteroatoms. The van der Waals surface area contributed by atoms with E-state index in [0.717, 1.165) is 41.1 Å². The Morgan fingerprint density at radius 1 is 0.830 bits per heavy atom. The summed E-state index contributed by atoms with van der Waals surface area (Å²) in [6, 6.07) is 26.1. The highest BCUT2D eigenvalue weighted by Gasteiger charge is 2.36. The van der Waals surface area contributed by atoms with Crippen molar-refractivity contribution in [2.75, 3.05) is 10.8 Å². The SMILES string of the molecule is Cc1ccc(N(CC(=O)N(Cc2c(Cl)cccc2Cl)[C@H](Cc2ccccc2)C(=O)NC2CCCC2)S(=O)(=O)c2ccc(Cl)cc2)cc1. The molecule has 0 unspecified atom stereocenters. The van der Waals surface area contributed by atoms with Crippen molar-refractivity contribution in [1.82, 2.24) is 10.2 Å². The van der Waals surface area contributed by atoms with Crippen molar-refractivity contribution in [1.29, 1.82) is 0 Å². The van der Waals surface area contributed by atoms with Gasteiger partial charge in [0.1, 0.15) is 12.6 Å². The molecule has 0 aliphatic heterocycles. The highest BCUT2D eigenvalue weighted by molar-refractivity contribution is 7.92. The second-order valence-corrected chi connectivity index (χ2v) is 14.8. The standard InChI is InChI=1S/C36H36Cl3N3O4S/c1-25-14-18-29(19-15-25)42(47(45,46)30-20-16-27(37)17-21-30)24-35(43)41(23-31-32(38)12-7-13-33(31)39)34(22-26-8-3-2-4-9-26)36(44)40-28-10-5-6-11-28/h2-4,7-9,12-21,28,34H,5-6,10-11,22-24H2,1H3,(H,40,44)/t34-/m1/s1. The van der Waals surface area contributed by atoms with E-state index in [4.69, 9.17) is 34.8 Å². The maximum absolute atomic E-state index is 14.7. The predicted molar refractivity (Wildman–Crippen MR) is 189 cm³/mol.